The Hall–Kier alpha value is -0.940. The summed E-state index contributed by atoms with van der Waals surface area (Å²) in [6.45, 7) is 7.52. The Morgan fingerprint density at radius 2 is 2.25 bits per heavy atom. The normalized spacial score (nSPS) is 21.8. The molecule has 1 aliphatic rings. The van der Waals surface area contributed by atoms with Crippen LogP contribution in [0, 0.1) is 0 Å². The molecule has 1 amide bonds. The third kappa shape index (κ3) is 4.72. The average Bonchev–Trinajstić information content (AvgIpc) is 2.26. The zero-order valence-electron chi connectivity index (χ0n) is 9.99. The van der Waals surface area contributed by atoms with Gasteiger partial charge in [-0.25, -0.2) is 0 Å². The fourth-order valence-electron chi connectivity index (χ4n) is 1.71. The van der Waals surface area contributed by atoms with Crippen LogP contribution in [0.3, 0.4) is 0 Å². The first-order valence-electron chi connectivity index (χ1n) is 5.72. The molecule has 1 fully saturated rings. The van der Waals surface area contributed by atoms with Gasteiger partial charge in [0.1, 0.15) is 5.78 Å². The molecule has 1 saturated heterocycles. The van der Waals surface area contributed by atoms with E-state index in [0.29, 0.717) is 13.2 Å². The van der Waals surface area contributed by atoms with Crippen molar-refractivity contribution in [1.29, 1.82) is 0 Å². The molecular formula is C11H20N2O3. The van der Waals surface area contributed by atoms with Gasteiger partial charge in [0, 0.05) is 19.6 Å². The van der Waals surface area contributed by atoms with Crippen LogP contribution in [0.2, 0.25) is 0 Å². The molecule has 92 valence electrons. The summed E-state index contributed by atoms with van der Waals surface area (Å²) in [5.74, 6) is -0.332. The molecule has 0 aromatic carbocycles. The summed E-state index contributed by atoms with van der Waals surface area (Å²) in [5, 5.41) is 2.72. The number of ether oxygens (including phenoxy) is 1. The predicted octanol–water partition coefficient (Wildman–Crippen LogP) is -0.198. The van der Waals surface area contributed by atoms with E-state index >= 15 is 0 Å². The second-order valence-corrected chi connectivity index (χ2v) is 4.07. The van der Waals surface area contributed by atoms with Crippen LogP contribution in [-0.2, 0) is 14.3 Å². The quantitative estimate of drug-likeness (QED) is 0.662. The molecule has 5 nitrogen and oxygen atoms in total. The van der Waals surface area contributed by atoms with Crippen LogP contribution in [-0.4, -0.2) is 55.5 Å². The van der Waals surface area contributed by atoms with Crippen LogP contribution in [0.15, 0.2) is 0 Å². The smallest absolute Gasteiger partial charge is 0.227 e. The molecule has 0 saturated carbocycles. The van der Waals surface area contributed by atoms with E-state index in [9.17, 15) is 9.59 Å². The molecule has 0 spiro atoms. The van der Waals surface area contributed by atoms with Gasteiger partial charge < -0.3 is 10.1 Å². The minimum atomic E-state index is -0.218. The highest BCUT2D eigenvalue weighted by atomic mass is 16.5. The van der Waals surface area contributed by atoms with Crippen molar-refractivity contribution >= 4 is 11.7 Å². The molecule has 1 N–H and O–H groups in total. The van der Waals surface area contributed by atoms with E-state index in [1.807, 2.05) is 0 Å². The number of likely N-dealkylation sites (N-methyl/N-ethyl adjacent to an activating group) is 1. The third-order valence-electron chi connectivity index (χ3n) is 2.61. The first kappa shape index (κ1) is 13.1. The molecule has 0 aliphatic carbocycles. The Morgan fingerprint density at radius 3 is 2.88 bits per heavy atom. The zero-order valence-corrected chi connectivity index (χ0v) is 9.99. The van der Waals surface area contributed by atoms with E-state index in [2.05, 4.69) is 17.1 Å². The summed E-state index contributed by atoms with van der Waals surface area (Å²) >= 11 is 0. The summed E-state index contributed by atoms with van der Waals surface area (Å²) in [7, 11) is 0. The molecule has 1 rings (SSSR count). The highest BCUT2D eigenvalue weighted by molar-refractivity contribution is 5.96. The molecule has 0 aromatic heterocycles. The maximum Gasteiger partial charge on any atom is 0.227 e. The van der Waals surface area contributed by atoms with Gasteiger partial charge >= 0.3 is 0 Å². The predicted molar refractivity (Wildman–Crippen MR) is 60.2 cm³/mol. The van der Waals surface area contributed by atoms with E-state index < -0.39 is 0 Å². The van der Waals surface area contributed by atoms with Gasteiger partial charge in [0.2, 0.25) is 5.91 Å². The summed E-state index contributed by atoms with van der Waals surface area (Å²) < 4.78 is 5.52. The number of morpholine rings is 1. The molecule has 16 heavy (non-hydrogen) atoms. The second-order valence-electron chi connectivity index (χ2n) is 4.07. The number of rotatable bonds is 5. The second kappa shape index (κ2) is 6.60. The van der Waals surface area contributed by atoms with Crippen LogP contribution in [0.5, 0.6) is 0 Å². The number of hydrogen-bond acceptors (Lipinski definition) is 4. The largest absolute Gasteiger partial charge is 0.374 e. The number of nitrogens with one attached hydrogen (secondary N) is 1. The Bertz CT molecular complexity index is 256. The van der Waals surface area contributed by atoms with Crippen LogP contribution in [0.25, 0.3) is 0 Å². The molecule has 0 aromatic rings. The number of hydrogen-bond donors (Lipinski definition) is 1. The van der Waals surface area contributed by atoms with Crippen LogP contribution in [0.1, 0.15) is 20.3 Å². The van der Waals surface area contributed by atoms with E-state index in [1.165, 1.54) is 6.92 Å². The number of carbonyl (C=O) groups is 2. The van der Waals surface area contributed by atoms with Crippen LogP contribution in [0.4, 0.5) is 0 Å². The lowest BCUT2D eigenvalue weighted by Crippen LogP contribution is -2.47. The van der Waals surface area contributed by atoms with Crippen molar-refractivity contribution < 1.29 is 14.3 Å². The van der Waals surface area contributed by atoms with Crippen molar-refractivity contribution in [2.24, 2.45) is 0 Å². The molecule has 1 heterocycles. The number of carbonyl (C=O) groups excluding carboxylic acids is 2. The number of nitrogens with zero attached hydrogens (tertiary/aromatic N) is 1. The van der Waals surface area contributed by atoms with Crippen LogP contribution >= 0.6 is 0 Å². The third-order valence-corrected chi connectivity index (χ3v) is 2.61. The highest BCUT2D eigenvalue weighted by Crippen LogP contribution is 2.03. The molecule has 1 unspecified atom stereocenters. The molecule has 1 aliphatic heterocycles. The van der Waals surface area contributed by atoms with Gasteiger partial charge in [-0.05, 0) is 13.5 Å². The Morgan fingerprint density at radius 1 is 1.50 bits per heavy atom. The topological polar surface area (TPSA) is 58.6 Å². The maximum atomic E-state index is 11.2. The van der Waals surface area contributed by atoms with Crippen molar-refractivity contribution in [2.75, 3.05) is 32.8 Å². The SMILES string of the molecule is CCN1CCOC(CNC(=O)CC(C)=O)C1. The number of ketones is 1. The molecule has 5 heteroatoms. The maximum absolute atomic E-state index is 11.2. The Balaban J connectivity index is 2.21. The van der Waals surface area contributed by atoms with Gasteiger partial charge in [0.05, 0.1) is 19.1 Å². The molecule has 0 radical (unpaired) electrons. The van der Waals surface area contributed by atoms with Gasteiger partial charge in [-0.15, -0.1) is 0 Å². The first-order chi connectivity index (χ1) is 7.61. The van der Waals surface area contributed by atoms with Crippen molar-refractivity contribution in [2.45, 2.75) is 26.4 Å². The Kier molecular flexibility index (Phi) is 5.42. The lowest BCUT2D eigenvalue weighted by molar-refractivity contribution is -0.127. The van der Waals surface area contributed by atoms with Crippen molar-refractivity contribution in [3.63, 3.8) is 0 Å². The van der Waals surface area contributed by atoms with Crippen LogP contribution < -0.4 is 5.32 Å². The average molecular weight is 228 g/mol. The fourth-order valence-corrected chi connectivity index (χ4v) is 1.71. The van der Waals surface area contributed by atoms with Gasteiger partial charge in [-0.1, -0.05) is 6.92 Å². The molecule has 0 bridgehead atoms. The van der Waals surface area contributed by atoms with E-state index in [-0.39, 0.29) is 24.2 Å². The number of amides is 1. The van der Waals surface area contributed by atoms with Gasteiger partial charge in [0.25, 0.3) is 0 Å². The summed E-state index contributed by atoms with van der Waals surface area (Å²) in [6, 6.07) is 0. The van der Waals surface area contributed by atoms with Crippen molar-refractivity contribution in [3.8, 4) is 0 Å². The first-order valence-corrected chi connectivity index (χ1v) is 5.72. The highest BCUT2D eigenvalue weighted by Gasteiger charge is 2.19. The molecule has 1 atom stereocenters. The van der Waals surface area contributed by atoms with E-state index in [4.69, 9.17) is 4.74 Å². The van der Waals surface area contributed by atoms with Crippen molar-refractivity contribution in [3.05, 3.63) is 0 Å². The number of Topliss-reactive ketones (excluding diaryl/α,β-unsaturated/α-hetero) is 1. The summed E-state index contributed by atoms with van der Waals surface area (Å²) in [5.41, 5.74) is 0. The summed E-state index contributed by atoms with van der Waals surface area (Å²) in [6.07, 6.45) is 0.00845. The minimum Gasteiger partial charge on any atom is -0.374 e. The van der Waals surface area contributed by atoms with Crippen molar-refractivity contribution in [1.82, 2.24) is 10.2 Å². The van der Waals surface area contributed by atoms with Gasteiger partial charge in [-0.2, -0.15) is 0 Å². The zero-order chi connectivity index (χ0) is 12.0. The fraction of sp³-hybridized carbons (Fsp3) is 0.818. The molecular weight excluding hydrogens is 208 g/mol. The van der Waals surface area contributed by atoms with Gasteiger partial charge in [-0.3, -0.25) is 14.5 Å². The lowest BCUT2D eigenvalue weighted by atomic mass is 10.2. The minimum absolute atomic E-state index is 0.0375. The lowest BCUT2D eigenvalue weighted by Gasteiger charge is -2.32. The standard InChI is InChI=1S/C11H20N2O3/c1-3-13-4-5-16-10(8-13)7-12-11(15)6-9(2)14/h10H,3-8H2,1-2H3,(H,12,15). The Labute approximate surface area is 96.1 Å². The monoisotopic (exact) mass is 228 g/mol. The van der Waals surface area contributed by atoms with E-state index in [0.717, 1.165) is 19.6 Å². The van der Waals surface area contributed by atoms with E-state index in [1.54, 1.807) is 0 Å². The summed E-state index contributed by atoms with van der Waals surface area (Å²) in [4.78, 5) is 24.2. The van der Waals surface area contributed by atoms with Gasteiger partial charge in [0.15, 0.2) is 0 Å².